The van der Waals surface area contributed by atoms with Gasteiger partial charge in [0.1, 0.15) is 6.04 Å². The van der Waals surface area contributed by atoms with E-state index in [2.05, 4.69) is 13.2 Å². The highest BCUT2D eigenvalue weighted by Gasteiger charge is 2.26. The first-order valence-electron chi connectivity index (χ1n) is 5.03. The Balaban J connectivity index is 4.36. The number of aliphatic carboxylic acids is 1. The van der Waals surface area contributed by atoms with Crippen LogP contribution in [-0.2, 0) is 18.4 Å². The molecule has 0 unspecified atom stereocenters. The van der Waals surface area contributed by atoms with Gasteiger partial charge in [0.25, 0.3) is 0 Å². The van der Waals surface area contributed by atoms with Gasteiger partial charge >= 0.3 is 13.6 Å². The Labute approximate surface area is 101 Å². The number of carboxylic acid groups (broad SMARTS) is 1. The molecule has 0 heterocycles. The molecule has 6 nitrogen and oxygen atoms in total. The lowest BCUT2D eigenvalue weighted by Crippen LogP contribution is -2.31. The zero-order valence-corrected chi connectivity index (χ0v) is 10.5. The van der Waals surface area contributed by atoms with Crippen molar-refractivity contribution in [2.45, 2.75) is 12.5 Å². The van der Waals surface area contributed by atoms with E-state index in [9.17, 15) is 9.36 Å². The maximum Gasteiger partial charge on any atom is 0.331 e. The van der Waals surface area contributed by atoms with Crippen molar-refractivity contribution in [1.82, 2.24) is 0 Å². The summed E-state index contributed by atoms with van der Waals surface area (Å²) in [5, 5.41) is 8.60. The Morgan fingerprint density at radius 3 is 2.18 bits per heavy atom. The highest BCUT2D eigenvalue weighted by Crippen LogP contribution is 2.48. The van der Waals surface area contributed by atoms with Crippen LogP contribution < -0.4 is 5.73 Å². The van der Waals surface area contributed by atoms with Crippen LogP contribution in [0.15, 0.2) is 25.3 Å². The van der Waals surface area contributed by atoms with Crippen LogP contribution in [0, 0.1) is 0 Å². The molecule has 0 saturated carbocycles. The molecule has 7 heteroatoms. The quantitative estimate of drug-likeness (QED) is 0.456. The minimum Gasteiger partial charge on any atom is -0.480 e. The van der Waals surface area contributed by atoms with E-state index in [-0.39, 0.29) is 25.8 Å². The summed E-state index contributed by atoms with van der Waals surface area (Å²) in [5.41, 5.74) is 5.31. The maximum absolute atomic E-state index is 12.1. The average Bonchev–Trinajstić information content (AvgIpc) is 2.31. The second-order valence-corrected chi connectivity index (χ2v) is 5.42. The van der Waals surface area contributed by atoms with Crippen molar-refractivity contribution in [1.29, 1.82) is 0 Å². The fraction of sp³-hybridized carbons (Fsp3) is 0.500. The third-order valence-corrected chi connectivity index (χ3v) is 3.70. The highest BCUT2D eigenvalue weighted by atomic mass is 31.2. The molecule has 0 aromatic heterocycles. The summed E-state index contributed by atoms with van der Waals surface area (Å²) in [7, 11) is -3.33. The molecular formula is C10H18NO5P. The van der Waals surface area contributed by atoms with Gasteiger partial charge in [-0.05, 0) is 6.42 Å². The first kappa shape index (κ1) is 16.1. The Hall–Kier alpha value is -0.940. The Morgan fingerprint density at radius 2 is 1.82 bits per heavy atom. The summed E-state index contributed by atoms with van der Waals surface area (Å²) in [6, 6.07) is -1.08. The monoisotopic (exact) mass is 263 g/mol. The number of carbonyl (C=O) groups is 1. The molecule has 0 saturated heterocycles. The van der Waals surface area contributed by atoms with E-state index in [1.54, 1.807) is 0 Å². The molecule has 0 fully saturated rings. The summed E-state index contributed by atoms with van der Waals surface area (Å²) >= 11 is 0. The van der Waals surface area contributed by atoms with Gasteiger partial charge in [-0.25, -0.2) is 0 Å². The van der Waals surface area contributed by atoms with Gasteiger partial charge in [-0.15, -0.1) is 13.2 Å². The summed E-state index contributed by atoms with van der Waals surface area (Å²) < 4.78 is 22.1. The molecular weight excluding hydrogens is 245 g/mol. The molecule has 17 heavy (non-hydrogen) atoms. The number of nitrogens with two attached hydrogens (primary N) is 1. The number of hydrogen-bond donors (Lipinski definition) is 2. The molecule has 3 N–H and O–H groups in total. The molecule has 0 aliphatic rings. The smallest absolute Gasteiger partial charge is 0.331 e. The van der Waals surface area contributed by atoms with Crippen molar-refractivity contribution in [3.8, 4) is 0 Å². The van der Waals surface area contributed by atoms with Gasteiger partial charge in [0.2, 0.25) is 0 Å². The van der Waals surface area contributed by atoms with E-state index in [1.807, 2.05) is 0 Å². The zero-order chi connectivity index (χ0) is 13.3. The Morgan fingerprint density at radius 1 is 1.35 bits per heavy atom. The van der Waals surface area contributed by atoms with Crippen LogP contribution in [0.4, 0.5) is 0 Å². The second kappa shape index (κ2) is 8.20. The Bertz CT molecular complexity index is 302. The van der Waals surface area contributed by atoms with Gasteiger partial charge in [-0.2, -0.15) is 0 Å². The molecule has 0 bridgehead atoms. The maximum atomic E-state index is 12.1. The normalized spacial score (nSPS) is 13.0. The van der Waals surface area contributed by atoms with Gasteiger partial charge in [0, 0.05) is 0 Å². The standard InChI is InChI=1S/C10H18NO5P/c1-3-6-15-17(14,16-7-4-2)8-5-9(11)10(12)13/h3-4,9H,1-2,5-8,11H2,(H,12,13)/t9-/m0/s1. The van der Waals surface area contributed by atoms with E-state index >= 15 is 0 Å². The fourth-order valence-corrected chi connectivity index (χ4v) is 2.51. The summed E-state index contributed by atoms with van der Waals surface area (Å²) in [5.74, 6) is -1.15. The largest absolute Gasteiger partial charge is 0.480 e. The first-order chi connectivity index (χ1) is 7.95. The van der Waals surface area contributed by atoms with Gasteiger partial charge < -0.3 is 19.9 Å². The molecule has 0 spiro atoms. The van der Waals surface area contributed by atoms with Crippen molar-refractivity contribution >= 4 is 13.6 Å². The molecule has 0 aliphatic carbocycles. The van der Waals surface area contributed by atoms with E-state index in [0.717, 1.165) is 0 Å². The van der Waals surface area contributed by atoms with E-state index in [0.29, 0.717) is 0 Å². The molecule has 0 aromatic carbocycles. The van der Waals surface area contributed by atoms with E-state index in [1.165, 1.54) is 12.2 Å². The SMILES string of the molecule is C=CCOP(=O)(CC[C@H](N)C(=O)O)OCC=C. The number of carboxylic acids is 1. The van der Waals surface area contributed by atoms with Crippen molar-refractivity contribution in [3.05, 3.63) is 25.3 Å². The van der Waals surface area contributed by atoms with Crippen molar-refractivity contribution in [2.75, 3.05) is 19.4 Å². The van der Waals surface area contributed by atoms with Crippen LogP contribution in [0.1, 0.15) is 6.42 Å². The van der Waals surface area contributed by atoms with Crippen LogP contribution in [0.25, 0.3) is 0 Å². The van der Waals surface area contributed by atoms with Gasteiger partial charge in [-0.3, -0.25) is 9.36 Å². The van der Waals surface area contributed by atoms with Crippen LogP contribution in [0.2, 0.25) is 0 Å². The number of rotatable bonds is 10. The van der Waals surface area contributed by atoms with Crippen molar-refractivity contribution < 1.29 is 23.5 Å². The highest BCUT2D eigenvalue weighted by molar-refractivity contribution is 7.53. The van der Waals surface area contributed by atoms with Gasteiger partial charge in [0.15, 0.2) is 0 Å². The molecule has 0 aromatic rings. The van der Waals surface area contributed by atoms with Gasteiger partial charge in [-0.1, -0.05) is 12.2 Å². The molecule has 0 amide bonds. The summed E-state index contributed by atoms with van der Waals surface area (Å²) in [6.45, 7) is 6.99. The molecule has 98 valence electrons. The van der Waals surface area contributed by atoms with E-state index < -0.39 is 19.6 Å². The molecule has 0 radical (unpaired) electrons. The van der Waals surface area contributed by atoms with Crippen molar-refractivity contribution in [3.63, 3.8) is 0 Å². The lowest BCUT2D eigenvalue weighted by atomic mass is 10.2. The summed E-state index contributed by atoms with van der Waals surface area (Å²) in [6.07, 6.45) is 2.82. The van der Waals surface area contributed by atoms with E-state index in [4.69, 9.17) is 19.9 Å². The van der Waals surface area contributed by atoms with Crippen LogP contribution in [0.3, 0.4) is 0 Å². The third kappa shape index (κ3) is 7.07. The molecule has 0 rings (SSSR count). The van der Waals surface area contributed by atoms with Crippen molar-refractivity contribution in [2.24, 2.45) is 5.73 Å². The topological polar surface area (TPSA) is 98.9 Å². The minimum atomic E-state index is -3.33. The molecule has 0 aliphatic heterocycles. The Kier molecular flexibility index (Phi) is 7.74. The first-order valence-corrected chi connectivity index (χ1v) is 6.76. The lowest BCUT2D eigenvalue weighted by molar-refractivity contribution is -0.138. The van der Waals surface area contributed by atoms with Gasteiger partial charge in [0.05, 0.1) is 19.4 Å². The minimum absolute atomic E-state index is 0.0148. The average molecular weight is 263 g/mol. The second-order valence-electron chi connectivity index (χ2n) is 3.24. The molecule has 1 atom stereocenters. The van der Waals surface area contributed by atoms with Crippen LogP contribution in [0.5, 0.6) is 0 Å². The number of hydrogen-bond acceptors (Lipinski definition) is 5. The summed E-state index contributed by atoms with van der Waals surface area (Å²) in [4.78, 5) is 10.5. The zero-order valence-electron chi connectivity index (χ0n) is 9.58. The third-order valence-electron chi connectivity index (χ3n) is 1.81. The van der Waals surface area contributed by atoms with Crippen LogP contribution >= 0.6 is 7.60 Å². The fourth-order valence-electron chi connectivity index (χ4n) is 0.920. The van der Waals surface area contributed by atoms with Crippen LogP contribution in [-0.4, -0.2) is 36.5 Å². The predicted octanol–water partition coefficient (Wildman–Crippen LogP) is 1.39. The lowest BCUT2D eigenvalue weighted by Gasteiger charge is -2.17. The predicted molar refractivity (Wildman–Crippen MR) is 65.0 cm³/mol.